The second kappa shape index (κ2) is 6.96. The van der Waals surface area contributed by atoms with Crippen LogP contribution >= 0.6 is 0 Å². The lowest BCUT2D eigenvalue weighted by Crippen LogP contribution is -2.51. The first-order valence-corrected chi connectivity index (χ1v) is 8.39. The van der Waals surface area contributed by atoms with Crippen molar-refractivity contribution in [1.29, 1.82) is 0 Å². The van der Waals surface area contributed by atoms with Gasteiger partial charge in [-0.1, -0.05) is 12.1 Å². The lowest BCUT2D eigenvalue weighted by Gasteiger charge is -2.35. The fourth-order valence-corrected chi connectivity index (χ4v) is 3.10. The first kappa shape index (κ1) is 15.7. The molecule has 0 bridgehead atoms. The molecule has 0 aliphatic carbocycles. The number of ether oxygens (including phenoxy) is 3. The average Bonchev–Trinajstić information content (AvgIpc) is 2.68. The van der Waals surface area contributed by atoms with Crippen molar-refractivity contribution in [2.75, 3.05) is 19.7 Å². The number of carbonyl (C=O) groups is 1. The molecule has 2 aliphatic rings. The predicted octanol–water partition coefficient (Wildman–Crippen LogP) is 1.69. The molecule has 3 heterocycles. The summed E-state index contributed by atoms with van der Waals surface area (Å²) in [6.07, 6.45) is 4.16. The largest absolute Gasteiger partial charge is 0.485 e. The van der Waals surface area contributed by atoms with Crippen LogP contribution in [-0.4, -0.2) is 52.7 Å². The molecule has 2 aromatic rings. The van der Waals surface area contributed by atoms with Crippen LogP contribution in [0.1, 0.15) is 12.8 Å². The second-order valence-electron chi connectivity index (χ2n) is 6.08. The van der Waals surface area contributed by atoms with Crippen LogP contribution in [-0.2, 0) is 4.79 Å². The molecule has 4 rings (SSSR count). The molecule has 1 aromatic carbocycles. The maximum atomic E-state index is 12.8. The number of hydrogen-bond donors (Lipinski definition) is 0. The normalized spacial score (nSPS) is 22.3. The van der Waals surface area contributed by atoms with E-state index >= 15 is 0 Å². The number of piperidine rings is 1. The third kappa shape index (κ3) is 3.50. The summed E-state index contributed by atoms with van der Waals surface area (Å²) in [6.45, 7) is 1.44. The Hall–Kier alpha value is -2.83. The SMILES string of the molecule is O=C(C1COc2ccccc2O1)N1CCCC(Oc2ccncn2)C1. The minimum absolute atomic E-state index is 0.0644. The van der Waals surface area contributed by atoms with Crippen molar-refractivity contribution in [1.82, 2.24) is 14.9 Å². The number of likely N-dealkylation sites (tertiary alicyclic amines) is 1. The van der Waals surface area contributed by atoms with E-state index in [9.17, 15) is 4.79 Å². The first-order chi connectivity index (χ1) is 12.3. The topological polar surface area (TPSA) is 73.8 Å². The molecular weight excluding hydrogens is 322 g/mol. The molecule has 7 nitrogen and oxygen atoms in total. The minimum Gasteiger partial charge on any atom is -0.485 e. The summed E-state index contributed by atoms with van der Waals surface area (Å²) >= 11 is 0. The van der Waals surface area contributed by atoms with Crippen molar-refractivity contribution < 1.29 is 19.0 Å². The molecule has 2 unspecified atom stereocenters. The Morgan fingerprint density at radius 2 is 2.12 bits per heavy atom. The quantitative estimate of drug-likeness (QED) is 0.846. The van der Waals surface area contributed by atoms with E-state index in [0.717, 1.165) is 12.8 Å². The number of fused-ring (bicyclic) bond motifs is 1. The molecule has 0 radical (unpaired) electrons. The van der Waals surface area contributed by atoms with Gasteiger partial charge in [0.2, 0.25) is 12.0 Å². The molecule has 2 atom stereocenters. The highest BCUT2D eigenvalue weighted by molar-refractivity contribution is 5.82. The molecule has 25 heavy (non-hydrogen) atoms. The Labute approximate surface area is 145 Å². The van der Waals surface area contributed by atoms with Gasteiger partial charge in [-0.3, -0.25) is 4.79 Å². The van der Waals surface area contributed by atoms with Gasteiger partial charge < -0.3 is 19.1 Å². The number of nitrogens with zero attached hydrogens (tertiary/aromatic N) is 3. The molecule has 1 amide bonds. The molecule has 0 N–H and O–H groups in total. The van der Waals surface area contributed by atoms with Crippen molar-refractivity contribution in [2.24, 2.45) is 0 Å². The Balaban J connectivity index is 1.39. The van der Waals surface area contributed by atoms with Gasteiger partial charge in [0.1, 0.15) is 19.0 Å². The average molecular weight is 341 g/mol. The number of rotatable bonds is 3. The Kier molecular flexibility index (Phi) is 4.37. The van der Waals surface area contributed by atoms with Crippen LogP contribution in [0.5, 0.6) is 17.4 Å². The maximum Gasteiger partial charge on any atom is 0.267 e. The van der Waals surface area contributed by atoms with Gasteiger partial charge in [-0.25, -0.2) is 9.97 Å². The summed E-state index contributed by atoms with van der Waals surface area (Å²) in [5.74, 6) is 1.75. The van der Waals surface area contributed by atoms with E-state index in [1.54, 1.807) is 17.2 Å². The lowest BCUT2D eigenvalue weighted by atomic mass is 10.1. The summed E-state index contributed by atoms with van der Waals surface area (Å²) in [6, 6.07) is 9.11. The van der Waals surface area contributed by atoms with Crippen LogP contribution in [0, 0.1) is 0 Å². The zero-order chi connectivity index (χ0) is 17.1. The van der Waals surface area contributed by atoms with Crippen LogP contribution in [0.2, 0.25) is 0 Å². The van der Waals surface area contributed by atoms with Gasteiger partial charge in [-0.2, -0.15) is 0 Å². The van der Waals surface area contributed by atoms with Gasteiger partial charge in [-0.15, -0.1) is 0 Å². The smallest absolute Gasteiger partial charge is 0.267 e. The third-order valence-corrected chi connectivity index (χ3v) is 4.32. The van der Waals surface area contributed by atoms with Gasteiger partial charge in [0.15, 0.2) is 11.5 Å². The van der Waals surface area contributed by atoms with Crippen molar-refractivity contribution in [2.45, 2.75) is 25.0 Å². The third-order valence-electron chi connectivity index (χ3n) is 4.32. The number of hydrogen-bond acceptors (Lipinski definition) is 6. The predicted molar refractivity (Wildman–Crippen MR) is 88.6 cm³/mol. The molecule has 0 saturated carbocycles. The van der Waals surface area contributed by atoms with Crippen molar-refractivity contribution in [3.8, 4) is 17.4 Å². The van der Waals surface area contributed by atoms with E-state index in [-0.39, 0.29) is 18.6 Å². The van der Waals surface area contributed by atoms with Crippen LogP contribution in [0.4, 0.5) is 0 Å². The summed E-state index contributed by atoms with van der Waals surface area (Å²) < 4.78 is 17.3. The van der Waals surface area contributed by atoms with Crippen molar-refractivity contribution in [3.05, 3.63) is 42.9 Å². The second-order valence-corrected chi connectivity index (χ2v) is 6.08. The Morgan fingerprint density at radius 1 is 1.24 bits per heavy atom. The fourth-order valence-electron chi connectivity index (χ4n) is 3.10. The molecule has 1 saturated heterocycles. The lowest BCUT2D eigenvalue weighted by molar-refractivity contribution is -0.143. The van der Waals surface area contributed by atoms with Gasteiger partial charge in [0, 0.05) is 18.8 Å². The number of aromatic nitrogens is 2. The van der Waals surface area contributed by atoms with Gasteiger partial charge in [0.25, 0.3) is 5.91 Å². The van der Waals surface area contributed by atoms with E-state index in [0.29, 0.717) is 30.5 Å². The van der Waals surface area contributed by atoms with Crippen molar-refractivity contribution in [3.63, 3.8) is 0 Å². The summed E-state index contributed by atoms with van der Waals surface area (Å²) in [4.78, 5) is 22.5. The summed E-state index contributed by atoms with van der Waals surface area (Å²) in [5, 5.41) is 0. The first-order valence-electron chi connectivity index (χ1n) is 8.39. The van der Waals surface area contributed by atoms with E-state index in [2.05, 4.69) is 9.97 Å². The molecule has 1 fully saturated rings. The number of amides is 1. The molecule has 7 heteroatoms. The Morgan fingerprint density at radius 3 is 2.96 bits per heavy atom. The standard InChI is InChI=1S/C18H19N3O4/c22-18(16-11-23-14-5-1-2-6-15(14)25-16)21-9-3-4-13(10-21)24-17-7-8-19-12-20-17/h1-2,5-8,12-13,16H,3-4,9-11H2. The highest BCUT2D eigenvalue weighted by Gasteiger charge is 2.34. The van der Waals surface area contributed by atoms with Gasteiger partial charge >= 0.3 is 0 Å². The van der Waals surface area contributed by atoms with Gasteiger partial charge in [0.05, 0.1) is 6.54 Å². The minimum atomic E-state index is -0.618. The summed E-state index contributed by atoms with van der Waals surface area (Å²) in [5.41, 5.74) is 0. The molecule has 1 aromatic heterocycles. The van der Waals surface area contributed by atoms with Crippen molar-refractivity contribution >= 4 is 5.91 Å². The van der Waals surface area contributed by atoms with Crippen LogP contribution < -0.4 is 14.2 Å². The number of benzene rings is 1. The fraction of sp³-hybridized carbons (Fsp3) is 0.389. The monoisotopic (exact) mass is 341 g/mol. The summed E-state index contributed by atoms with van der Waals surface area (Å²) in [7, 11) is 0. The Bertz CT molecular complexity index is 740. The van der Waals surface area contributed by atoms with E-state index < -0.39 is 6.10 Å². The zero-order valence-corrected chi connectivity index (χ0v) is 13.7. The molecule has 0 spiro atoms. The molecule has 2 aliphatic heterocycles. The van der Waals surface area contributed by atoms with Crippen LogP contribution in [0.15, 0.2) is 42.9 Å². The molecular formula is C18H19N3O4. The maximum absolute atomic E-state index is 12.8. The zero-order valence-electron chi connectivity index (χ0n) is 13.7. The van der Waals surface area contributed by atoms with E-state index in [1.807, 2.05) is 24.3 Å². The number of para-hydroxylation sites is 2. The van der Waals surface area contributed by atoms with E-state index in [4.69, 9.17) is 14.2 Å². The highest BCUT2D eigenvalue weighted by Crippen LogP contribution is 2.31. The van der Waals surface area contributed by atoms with E-state index in [1.165, 1.54) is 6.33 Å². The van der Waals surface area contributed by atoms with Gasteiger partial charge in [-0.05, 0) is 25.0 Å². The number of carbonyl (C=O) groups excluding carboxylic acids is 1. The highest BCUT2D eigenvalue weighted by atomic mass is 16.6. The van der Waals surface area contributed by atoms with Crippen LogP contribution in [0.25, 0.3) is 0 Å². The van der Waals surface area contributed by atoms with Crippen LogP contribution in [0.3, 0.4) is 0 Å². The molecule has 130 valence electrons.